The van der Waals surface area contributed by atoms with Gasteiger partial charge in [-0.3, -0.25) is 4.79 Å². The van der Waals surface area contributed by atoms with E-state index in [0.717, 1.165) is 19.4 Å². The molecule has 1 aliphatic heterocycles. The minimum Gasteiger partial charge on any atom is -0.338 e. The Morgan fingerprint density at radius 3 is 2.36 bits per heavy atom. The fourth-order valence-corrected chi connectivity index (χ4v) is 3.39. The molecule has 1 aliphatic carbocycles. The SMILES string of the molecule is CC(C)N1CC[C@@H](NC(=O)NC2Cc3ccccc3C2)C1=O. The van der Waals surface area contributed by atoms with E-state index >= 15 is 0 Å². The molecule has 1 heterocycles. The van der Waals surface area contributed by atoms with Gasteiger partial charge in [-0.1, -0.05) is 24.3 Å². The molecule has 3 rings (SSSR count). The van der Waals surface area contributed by atoms with Crippen LogP contribution in [0.4, 0.5) is 4.79 Å². The highest BCUT2D eigenvalue weighted by molar-refractivity contribution is 5.88. The fraction of sp³-hybridized carbons (Fsp3) is 0.529. The standard InChI is InChI=1S/C17H23N3O2/c1-11(2)20-8-7-15(16(20)21)19-17(22)18-14-9-12-5-3-4-6-13(12)10-14/h3-6,11,14-15H,7-10H2,1-2H3,(H2,18,19,22)/t15-/m1/s1. The van der Waals surface area contributed by atoms with Crippen molar-refractivity contribution in [3.63, 3.8) is 0 Å². The second-order valence-electron chi connectivity index (χ2n) is 6.46. The first-order valence-electron chi connectivity index (χ1n) is 7.99. The van der Waals surface area contributed by atoms with Crippen molar-refractivity contribution in [1.29, 1.82) is 0 Å². The van der Waals surface area contributed by atoms with Crippen LogP contribution in [0.5, 0.6) is 0 Å². The number of fused-ring (bicyclic) bond motifs is 1. The van der Waals surface area contributed by atoms with Gasteiger partial charge in [0, 0.05) is 18.6 Å². The zero-order chi connectivity index (χ0) is 15.7. The van der Waals surface area contributed by atoms with Gasteiger partial charge in [0.05, 0.1) is 0 Å². The molecule has 0 bridgehead atoms. The second kappa shape index (κ2) is 5.99. The molecule has 5 nitrogen and oxygen atoms in total. The van der Waals surface area contributed by atoms with Crippen LogP contribution in [0.1, 0.15) is 31.4 Å². The number of hydrogen-bond donors (Lipinski definition) is 2. The Morgan fingerprint density at radius 1 is 1.18 bits per heavy atom. The molecule has 1 atom stereocenters. The van der Waals surface area contributed by atoms with Crippen LogP contribution in [-0.2, 0) is 17.6 Å². The normalized spacial score (nSPS) is 21.3. The third kappa shape index (κ3) is 2.93. The number of carbonyl (C=O) groups excluding carboxylic acids is 2. The first-order valence-corrected chi connectivity index (χ1v) is 7.99. The maximum absolute atomic E-state index is 12.2. The molecule has 2 N–H and O–H groups in total. The number of nitrogens with one attached hydrogen (secondary N) is 2. The molecular weight excluding hydrogens is 278 g/mol. The number of carbonyl (C=O) groups is 2. The lowest BCUT2D eigenvalue weighted by Crippen LogP contribution is -2.49. The average molecular weight is 301 g/mol. The summed E-state index contributed by atoms with van der Waals surface area (Å²) in [6.07, 6.45) is 2.41. The number of nitrogens with zero attached hydrogens (tertiary/aromatic N) is 1. The lowest BCUT2D eigenvalue weighted by molar-refractivity contribution is -0.130. The Kier molecular flexibility index (Phi) is 4.05. The van der Waals surface area contributed by atoms with Crippen LogP contribution in [0.15, 0.2) is 24.3 Å². The molecule has 1 fully saturated rings. The van der Waals surface area contributed by atoms with E-state index < -0.39 is 0 Å². The van der Waals surface area contributed by atoms with Gasteiger partial charge in [-0.05, 0) is 44.2 Å². The molecule has 0 aromatic heterocycles. The molecule has 0 unspecified atom stereocenters. The Bertz CT molecular complexity index is 560. The summed E-state index contributed by atoms with van der Waals surface area (Å²) in [6.45, 7) is 4.71. The van der Waals surface area contributed by atoms with E-state index in [1.54, 1.807) is 0 Å². The van der Waals surface area contributed by atoms with Gasteiger partial charge in [0.15, 0.2) is 0 Å². The smallest absolute Gasteiger partial charge is 0.315 e. The molecule has 2 aliphatic rings. The van der Waals surface area contributed by atoms with Gasteiger partial charge in [-0.15, -0.1) is 0 Å². The van der Waals surface area contributed by atoms with Crippen LogP contribution in [-0.4, -0.2) is 41.5 Å². The summed E-state index contributed by atoms with van der Waals surface area (Å²) in [7, 11) is 0. The molecule has 1 aromatic carbocycles. The number of benzene rings is 1. The highest BCUT2D eigenvalue weighted by atomic mass is 16.2. The number of likely N-dealkylation sites (tertiary alicyclic amines) is 1. The third-order valence-electron chi connectivity index (χ3n) is 4.55. The van der Waals surface area contributed by atoms with E-state index in [4.69, 9.17) is 0 Å². The largest absolute Gasteiger partial charge is 0.338 e. The van der Waals surface area contributed by atoms with Crippen LogP contribution in [0, 0.1) is 0 Å². The maximum Gasteiger partial charge on any atom is 0.315 e. The van der Waals surface area contributed by atoms with Crippen molar-refractivity contribution >= 4 is 11.9 Å². The van der Waals surface area contributed by atoms with E-state index in [-0.39, 0.29) is 30.1 Å². The van der Waals surface area contributed by atoms with Gasteiger partial charge in [-0.2, -0.15) is 0 Å². The number of urea groups is 1. The number of amides is 3. The zero-order valence-corrected chi connectivity index (χ0v) is 13.1. The first kappa shape index (κ1) is 14.9. The highest BCUT2D eigenvalue weighted by Crippen LogP contribution is 2.21. The van der Waals surface area contributed by atoms with E-state index in [9.17, 15) is 9.59 Å². The van der Waals surface area contributed by atoms with Crippen molar-refractivity contribution in [3.05, 3.63) is 35.4 Å². The van der Waals surface area contributed by atoms with Gasteiger partial charge < -0.3 is 15.5 Å². The van der Waals surface area contributed by atoms with Crippen LogP contribution >= 0.6 is 0 Å². The molecule has 22 heavy (non-hydrogen) atoms. The Hall–Kier alpha value is -2.04. The van der Waals surface area contributed by atoms with Gasteiger partial charge >= 0.3 is 6.03 Å². The van der Waals surface area contributed by atoms with E-state index in [2.05, 4.69) is 22.8 Å². The van der Waals surface area contributed by atoms with E-state index in [1.807, 2.05) is 30.9 Å². The molecule has 118 valence electrons. The van der Waals surface area contributed by atoms with Crippen LogP contribution < -0.4 is 10.6 Å². The first-order chi connectivity index (χ1) is 10.5. The van der Waals surface area contributed by atoms with Crippen LogP contribution in [0.3, 0.4) is 0 Å². The second-order valence-corrected chi connectivity index (χ2v) is 6.46. The zero-order valence-electron chi connectivity index (χ0n) is 13.1. The number of rotatable bonds is 3. The monoisotopic (exact) mass is 301 g/mol. The van der Waals surface area contributed by atoms with Gasteiger partial charge in [0.2, 0.25) is 5.91 Å². The van der Waals surface area contributed by atoms with Crippen molar-refractivity contribution < 1.29 is 9.59 Å². The van der Waals surface area contributed by atoms with Gasteiger partial charge in [0.1, 0.15) is 6.04 Å². The van der Waals surface area contributed by atoms with Crippen molar-refractivity contribution in [2.24, 2.45) is 0 Å². The Morgan fingerprint density at radius 2 is 1.82 bits per heavy atom. The van der Waals surface area contributed by atoms with Crippen LogP contribution in [0.2, 0.25) is 0 Å². The molecule has 1 saturated heterocycles. The summed E-state index contributed by atoms with van der Waals surface area (Å²) < 4.78 is 0. The van der Waals surface area contributed by atoms with Gasteiger partial charge in [-0.25, -0.2) is 4.79 Å². The molecule has 1 aromatic rings. The van der Waals surface area contributed by atoms with Crippen molar-refractivity contribution in [3.8, 4) is 0 Å². The maximum atomic E-state index is 12.2. The van der Waals surface area contributed by atoms with E-state index in [1.165, 1.54) is 11.1 Å². The topological polar surface area (TPSA) is 61.4 Å². The molecule has 3 amide bonds. The molecule has 0 saturated carbocycles. The summed E-state index contributed by atoms with van der Waals surface area (Å²) in [5.74, 6) is 0.0276. The summed E-state index contributed by atoms with van der Waals surface area (Å²) in [5, 5.41) is 5.82. The summed E-state index contributed by atoms with van der Waals surface area (Å²) in [4.78, 5) is 26.1. The van der Waals surface area contributed by atoms with Crippen LogP contribution in [0.25, 0.3) is 0 Å². The molecule has 0 spiro atoms. The third-order valence-corrected chi connectivity index (χ3v) is 4.55. The predicted octanol–water partition coefficient (Wildman–Crippen LogP) is 1.46. The van der Waals surface area contributed by atoms with E-state index in [0.29, 0.717) is 6.42 Å². The lowest BCUT2D eigenvalue weighted by atomic mass is 10.1. The molecule has 0 radical (unpaired) electrons. The number of hydrogen-bond acceptors (Lipinski definition) is 2. The predicted molar refractivity (Wildman–Crippen MR) is 84.6 cm³/mol. The quantitative estimate of drug-likeness (QED) is 0.888. The summed E-state index contributed by atoms with van der Waals surface area (Å²) in [6, 6.07) is 7.96. The van der Waals surface area contributed by atoms with Gasteiger partial charge in [0.25, 0.3) is 0 Å². The van der Waals surface area contributed by atoms with Crippen molar-refractivity contribution in [2.45, 2.75) is 51.2 Å². The fourth-order valence-electron chi connectivity index (χ4n) is 3.39. The lowest BCUT2D eigenvalue weighted by Gasteiger charge is -2.21. The summed E-state index contributed by atoms with van der Waals surface area (Å²) in [5.41, 5.74) is 2.60. The minimum absolute atomic E-state index is 0.0276. The minimum atomic E-state index is -0.383. The highest BCUT2D eigenvalue weighted by Gasteiger charge is 2.34. The summed E-state index contributed by atoms with van der Waals surface area (Å²) >= 11 is 0. The van der Waals surface area contributed by atoms with Crippen molar-refractivity contribution in [2.75, 3.05) is 6.54 Å². The average Bonchev–Trinajstić information content (AvgIpc) is 3.02. The Balaban J connectivity index is 1.51. The molecular formula is C17H23N3O2. The Labute approximate surface area is 131 Å². The molecule has 5 heteroatoms. The van der Waals surface area contributed by atoms with Crippen molar-refractivity contribution in [1.82, 2.24) is 15.5 Å².